The Morgan fingerprint density at radius 2 is 1.96 bits per heavy atom. The van der Waals surface area contributed by atoms with E-state index < -0.39 is 0 Å². The van der Waals surface area contributed by atoms with Gasteiger partial charge in [0.2, 0.25) is 5.91 Å². The lowest BCUT2D eigenvalue weighted by molar-refractivity contribution is -0.119. The van der Waals surface area contributed by atoms with Crippen LogP contribution in [-0.2, 0) is 4.79 Å². The third kappa shape index (κ3) is 5.06. The van der Waals surface area contributed by atoms with Crippen molar-refractivity contribution in [2.45, 2.75) is 31.2 Å². The molecule has 1 heterocycles. The van der Waals surface area contributed by atoms with Crippen LogP contribution < -0.4 is 5.32 Å². The Hall–Kier alpha value is -1.96. The summed E-state index contributed by atoms with van der Waals surface area (Å²) in [5.74, 6) is 0.296. The van der Waals surface area contributed by atoms with E-state index >= 15 is 0 Å². The van der Waals surface area contributed by atoms with Gasteiger partial charge in [-0.1, -0.05) is 59.5 Å². The average molecular weight is 416 g/mol. The van der Waals surface area contributed by atoms with Crippen molar-refractivity contribution >= 4 is 41.2 Å². The normalized spacial score (nSPS) is 12.0. The van der Waals surface area contributed by atoms with Crippen molar-refractivity contribution in [3.63, 3.8) is 0 Å². The molecular formula is C20H21N3OS3. The highest BCUT2D eigenvalue weighted by Crippen LogP contribution is 2.24. The number of hydrogen-bond acceptors (Lipinski definition) is 5. The van der Waals surface area contributed by atoms with Gasteiger partial charge in [0, 0.05) is 0 Å². The zero-order valence-electron chi connectivity index (χ0n) is 15.4. The minimum atomic E-state index is -0.0301. The lowest BCUT2D eigenvalue weighted by atomic mass is 10.0. The first-order valence-corrected chi connectivity index (χ1v) is 10.8. The predicted octanol–water partition coefficient (Wildman–Crippen LogP) is 5.25. The minimum absolute atomic E-state index is 0.0156. The van der Waals surface area contributed by atoms with E-state index in [4.69, 9.17) is 12.2 Å². The molecule has 3 aromatic rings. The van der Waals surface area contributed by atoms with Crippen molar-refractivity contribution in [1.29, 1.82) is 0 Å². The van der Waals surface area contributed by atoms with Crippen molar-refractivity contribution in [2.75, 3.05) is 5.75 Å². The fourth-order valence-electron chi connectivity index (χ4n) is 2.58. The van der Waals surface area contributed by atoms with Gasteiger partial charge in [0.15, 0.2) is 8.29 Å². The number of aryl methyl sites for hydroxylation is 2. The standard InChI is InChI=1S/C20H21N3OS3/c1-13-9-10-16(11-14(13)2)15(3)21-18(24)12-26-19-22-23(20(25)27-19)17-7-5-4-6-8-17/h4-11,15H,12H2,1-3H3,(H,21,24)/t15-/m0/s1. The van der Waals surface area contributed by atoms with E-state index in [0.29, 0.717) is 9.71 Å². The van der Waals surface area contributed by atoms with Crippen LogP contribution in [0.5, 0.6) is 0 Å². The molecule has 0 saturated carbocycles. The SMILES string of the molecule is Cc1ccc([C@H](C)NC(=O)CSc2nn(-c3ccccc3)c(=S)s2)cc1C. The third-order valence-electron chi connectivity index (χ3n) is 4.27. The monoisotopic (exact) mass is 415 g/mol. The molecule has 0 aliphatic rings. The first-order valence-electron chi connectivity index (χ1n) is 8.59. The molecule has 1 amide bonds. The summed E-state index contributed by atoms with van der Waals surface area (Å²) < 4.78 is 3.20. The van der Waals surface area contributed by atoms with Gasteiger partial charge >= 0.3 is 0 Å². The lowest BCUT2D eigenvalue weighted by Gasteiger charge is -2.15. The van der Waals surface area contributed by atoms with E-state index in [9.17, 15) is 4.79 Å². The number of thioether (sulfide) groups is 1. The molecule has 0 fully saturated rings. The molecule has 1 atom stereocenters. The number of hydrogen-bond donors (Lipinski definition) is 1. The fraction of sp³-hybridized carbons (Fsp3) is 0.250. The maximum atomic E-state index is 12.3. The smallest absolute Gasteiger partial charge is 0.230 e. The average Bonchev–Trinajstić information content (AvgIpc) is 3.03. The third-order valence-corrected chi connectivity index (χ3v) is 6.63. The number of para-hydroxylation sites is 1. The summed E-state index contributed by atoms with van der Waals surface area (Å²) in [6, 6.07) is 16.0. The molecule has 3 rings (SSSR count). The van der Waals surface area contributed by atoms with Crippen molar-refractivity contribution in [3.05, 3.63) is 69.2 Å². The molecule has 2 aromatic carbocycles. The second-order valence-corrected chi connectivity index (χ2v) is 9.15. The first-order chi connectivity index (χ1) is 12.9. The number of aromatic nitrogens is 2. The predicted molar refractivity (Wildman–Crippen MR) is 115 cm³/mol. The van der Waals surface area contributed by atoms with E-state index in [2.05, 4.69) is 42.5 Å². The number of carbonyl (C=O) groups is 1. The van der Waals surface area contributed by atoms with Crippen LogP contribution in [0.2, 0.25) is 0 Å². The van der Waals surface area contributed by atoms with Gasteiger partial charge in [0.1, 0.15) is 0 Å². The van der Waals surface area contributed by atoms with Gasteiger partial charge in [-0.25, -0.2) is 4.68 Å². The zero-order chi connectivity index (χ0) is 19.4. The van der Waals surface area contributed by atoms with Gasteiger partial charge in [-0.05, 0) is 61.8 Å². The van der Waals surface area contributed by atoms with Gasteiger partial charge in [0.25, 0.3) is 0 Å². The molecule has 1 N–H and O–H groups in total. The number of amides is 1. The molecular weight excluding hydrogens is 394 g/mol. The molecule has 140 valence electrons. The molecule has 0 bridgehead atoms. The summed E-state index contributed by atoms with van der Waals surface area (Å²) in [7, 11) is 0. The molecule has 27 heavy (non-hydrogen) atoms. The molecule has 0 unspecified atom stereocenters. The van der Waals surface area contributed by atoms with Crippen LogP contribution in [0.3, 0.4) is 0 Å². The fourth-order valence-corrected chi connectivity index (χ4v) is 4.75. The van der Waals surface area contributed by atoms with Crippen LogP contribution in [0.25, 0.3) is 5.69 Å². The Morgan fingerprint density at radius 3 is 2.67 bits per heavy atom. The van der Waals surface area contributed by atoms with Crippen molar-refractivity contribution in [1.82, 2.24) is 15.1 Å². The number of nitrogens with one attached hydrogen (secondary N) is 1. The second kappa shape index (κ2) is 8.82. The Kier molecular flexibility index (Phi) is 6.46. The summed E-state index contributed by atoms with van der Waals surface area (Å²) in [6.45, 7) is 6.17. The van der Waals surface area contributed by atoms with E-state index in [1.807, 2.05) is 37.3 Å². The van der Waals surface area contributed by atoms with Crippen LogP contribution in [-0.4, -0.2) is 21.4 Å². The van der Waals surface area contributed by atoms with Crippen LogP contribution in [0.15, 0.2) is 52.9 Å². The van der Waals surface area contributed by atoms with Crippen molar-refractivity contribution < 1.29 is 4.79 Å². The largest absolute Gasteiger partial charge is 0.349 e. The highest BCUT2D eigenvalue weighted by molar-refractivity contribution is 8.01. The maximum absolute atomic E-state index is 12.3. The van der Waals surface area contributed by atoms with Gasteiger partial charge in [-0.15, -0.1) is 5.10 Å². The molecule has 0 spiro atoms. The van der Waals surface area contributed by atoms with Gasteiger partial charge in [0.05, 0.1) is 17.5 Å². The molecule has 4 nitrogen and oxygen atoms in total. The van der Waals surface area contributed by atoms with E-state index in [-0.39, 0.29) is 11.9 Å². The van der Waals surface area contributed by atoms with Crippen LogP contribution in [0.1, 0.15) is 29.7 Å². The van der Waals surface area contributed by atoms with Crippen LogP contribution in [0, 0.1) is 17.8 Å². The van der Waals surface area contributed by atoms with E-state index in [0.717, 1.165) is 15.6 Å². The zero-order valence-corrected chi connectivity index (χ0v) is 17.9. The topological polar surface area (TPSA) is 46.9 Å². The van der Waals surface area contributed by atoms with Crippen LogP contribution >= 0.6 is 35.3 Å². The molecule has 0 aliphatic carbocycles. The maximum Gasteiger partial charge on any atom is 0.230 e. The summed E-state index contributed by atoms with van der Waals surface area (Å²) >= 11 is 8.22. The van der Waals surface area contributed by atoms with Crippen LogP contribution in [0.4, 0.5) is 0 Å². The molecule has 0 saturated heterocycles. The number of carbonyl (C=O) groups excluding carboxylic acids is 1. The Morgan fingerprint density at radius 1 is 1.22 bits per heavy atom. The summed E-state index contributed by atoms with van der Waals surface area (Å²) in [4.78, 5) is 12.3. The Bertz CT molecular complexity index is 995. The molecule has 0 aliphatic heterocycles. The van der Waals surface area contributed by atoms with Crippen molar-refractivity contribution in [2.24, 2.45) is 0 Å². The first kappa shape index (κ1) is 19.8. The second-order valence-electron chi connectivity index (χ2n) is 6.30. The lowest BCUT2D eigenvalue weighted by Crippen LogP contribution is -2.28. The number of nitrogens with zero attached hydrogens (tertiary/aromatic N) is 2. The van der Waals surface area contributed by atoms with Crippen molar-refractivity contribution in [3.8, 4) is 5.69 Å². The highest BCUT2D eigenvalue weighted by atomic mass is 32.2. The van der Waals surface area contributed by atoms with Gasteiger partial charge in [-0.3, -0.25) is 4.79 Å². The molecule has 0 radical (unpaired) electrons. The molecule has 1 aromatic heterocycles. The molecule has 7 heteroatoms. The van der Waals surface area contributed by atoms with E-state index in [1.165, 1.54) is 34.2 Å². The summed E-state index contributed by atoms with van der Waals surface area (Å²) in [5.41, 5.74) is 4.52. The summed E-state index contributed by atoms with van der Waals surface area (Å²) in [5, 5.41) is 7.58. The highest BCUT2D eigenvalue weighted by Gasteiger charge is 2.13. The minimum Gasteiger partial charge on any atom is -0.349 e. The van der Waals surface area contributed by atoms with E-state index in [1.54, 1.807) is 4.68 Å². The van der Waals surface area contributed by atoms with Gasteiger partial charge < -0.3 is 5.32 Å². The Balaban J connectivity index is 1.59. The number of benzene rings is 2. The quantitative estimate of drug-likeness (QED) is 0.441. The van der Waals surface area contributed by atoms with Gasteiger partial charge in [-0.2, -0.15) is 0 Å². The Labute approximate surface area is 172 Å². The summed E-state index contributed by atoms with van der Waals surface area (Å²) in [6.07, 6.45) is 0. The number of rotatable bonds is 6.